The summed E-state index contributed by atoms with van der Waals surface area (Å²) in [7, 11) is 1.76. The summed E-state index contributed by atoms with van der Waals surface area (Å²) in [6, 6.07) is 6.90. The Labute approximate surface area is 124 Å². The quantitative estimate of drug-likeness (QED) is 0.767. The van der Waals surface area contributed by atoms with Gasteiger partial charge in [-0.15, -0.1) is 0 Å². The SMILES string of the molecule is CCCNC(CCC(C)(C)C)c1ccc(C)cc1OC. The second-order valence-electron chi connectivity index (χ2n) is 6.85. The van der Waals surface area contributed by atoms with E-state index in [4.69, 9.17) is 4.74 Å². The first kappa shape index (κ1) is 17.0. The first-order chi connectivity index (χ1) is 9.37. The number of benzene rings is 1. The molecule has 0 amide bonds. The molecular formula is C18H31NO. The van der Waals surface area contributed by atoms with Crippen molar-refractivity contribution in [3.05, 3.63) is 29.3 Å². The van der Waals surface area contributed by atoms with E-state index in [0.29, 0.717) is 11.5 Å². The third-order valence-electron chi connectivity index (χ3n) is 3.59. The van der Waals surface area contributed by atoms with E-state index in [1.165, 1.54) is 17.5 Å². The molecule has 1 N–H and O–H groups in total. The first-order valence-electron chi connectivity index (χ1n) is 7.75. The molecule has 2 nitrogen and oxygen atoms in total. The van der Waals surface area contributed by atoms with Gasteiger partial charge >= 0.3 is 0 Å². The molecule has 20 heavy (non-hydrogen) atoms. The zero-order valence-corrected chi connectivity index (χ0v) is 14.0. The van der Waals surface area contributed by atoms with Crippen molar-refractivity contribution < 1.29 is 4.74 Å². The summed E-state index contributed by atoms with van der Waals surface area (Å²) in [6.07, 6.45) is 3.49. The van der Waals surface area contributed by atoms with Gasteiger partial charge in [-0.25, -0.2) is 0 Å². The zero-order valence-electron chi connectivity index (χ0n) is 14.0. The van der Waals surface area contributed by atoms with Gasteiger partial charge < -0.3 is 10.1 Å². The highest BCUT2D eigenvalue weighted by molar-refractivity contribution is 5.39. The Bertz CT molecular complexity index is 406. The minimum atomic E-state index is 0.365. The van der Waals surface area contributed by atoms with Crippen LogP contribution in [0.5, 0.6) is 5.75 Å². The smallest absolute Gasteiger partial charge is 0.123 e. The fourth-order valence-corrected chi connectivity index (χ4v) is 2.37. The van der Waals surface area contributed by atoms with Gasteiger partial charge in [0.25, 0.3) is 0 Å². The minimum absolute atomic E-state index is 0.365. The van der Waals surface area contributed by atoms with E-state index in [9.17, 15) is 0 Å². The number of hydrogen-bond donors (Lipinski definition) is 1. The molecule has 0 aliphatic rings. The molecule has 1 atom stereocenters. The molecule has 0 aromatic heterocycles. The maximum atomic E-state index is 5.58. The third-order valence-corrected chi connectivity index (χ3v) is 3.59. The number of methoxy groups -OCH3 is 1. The monoisotopic (exact) mass is 277 g/mol. The average Bonchev–Trinajstić information content (AvgIpc) is 2.38. The van der Waals surface area contributed by atoms with Crippen molar-refractivity contribution in [2.24, 2.45) is 5.41 Å². The van der Waals surface area contributed by atoms with Crippen LogP contribution in [0.2, 0.25) is 0 Å². The summed E-state index contributed by atoms with van der Waals surface area (Å²) in [5.74, 6) is 1.01. The van der Waals surface area contributed by atoms with Gasteiger partial charge in [-0.1, -0.05) is 39.8 Å². The van der Waals surface area contributed by atoms with Crippen molar-refractivity contribution in [3.63, 3.8) is 0 Å². The molecule has 0 heterocycles. The van der Waals surface area contributed by atoms with Crippen molar-refractivity contribution >= 4 is 0 Å². The van der Waals surface area contributed by atoms with Crippen LogP contribution in [0, 0.1) is 12.3 Å². The van der Waals surface area contributed by atoms with Crippen LogP contribution in [0.25, 0.3) is 0 Å². The van der Waals surface area contributed by atoms with E-state index < -0.39 is 0 Å². The van der Waals surface area contributed by atoms with Gasteiger partial charge in [0.15, 0.2) is 0 Å². The molecule has 0 bridgehead atoms. The molecule has 1 unspecified atom stereocenters. The van der Waals surface area contributed by atoms with Crippen LogP contribution in [0.4, 0.5) is 0 Å². The van der Waals surface area contributed by atoms with Crippen LogP contribution in [0.15, 0.2) is 18.2 Å². The first-order valence-corrected chi connectivity index (χ1v) is 7.75. The van der Waals surface area contributed by atoms with Crippen LogP contribution in [0.1, 0.15) is 64.1 Å². The lowest BCUT2D eigenvalue weighted by Crippen LogP contribution is -2.24. The fourth-order valence-electron chi connectivity index (χ4n) is 2.37. The Kier molecular flexibility index (Phi) is 6.54. The lowest BCUT2D eigenvalue weighted by molar-refractivity contribution is 0.326. The topological polar surface area (TPSA) is 21.3 Å². The fraction of sp³-hybridized carbons (Fsp3) is 0.667. The van der Waals surface area contributed by atoms with Crippen LogP contribution >= 0.6 is 0 Å². The number of aryl methyl sites for hydroxylation is 1. The molecule has 0 fully saturated rings. The molecule has 0 aliphatic carbocycles. The van der Waals surface area contributed by atoms with Gasteiger partial charge in [0.1, 0.15) is 5.75 Å². The highest BCUT2D eigenvalue weighted by Gasteiger charge is 2.19. The van der Waals surface area contributed by atoms with Crippen molar-refractivity contribution in [2.45, 2.75) is 59.9 Å². The van der Waals surface area contributed by atoms with Gasteiger partial charge in [0.05, 0.1) is 7.11 Å². The van der Waals surface area contributed by atoms with Gasteiger partial charge in [0.2, 0.25) is 0 Å². The predicted molar refractivity (Wildman–Crippen MR) is 87.5 cm³/mol. The highest BCUT2D eigenvalue weighted by atomic mass is 16.5. The molecule has 0 aliphatic heterocycles. The van der Waals surface area contributed by atoms with E-state index in [1.807, 2.05) is 0 Å². The van der Waals surface area contributed by atoms with Crippen molar-refractivity contribution in [1.82, 2.24) is 5.32 Å². The maximum Gasteiger partial charge on any atom is 0.123 e. The van der Waals surface area contributed by atoms with Gasteiger partial charge in [-0.3, -0.25) is 0 Å². The predicted octanol–water partition coefficient (Wildman–Crippen LogP) is 4.87. The standard InChI is InChI=1S/C18H31NO/c1-7-12-19-16(10-11-18(3,4)5)15-9-8-14(2)13-17(15)20-6/h8-9,13,16,19H,7,10-12H2,1-6H3. The lowest BCUT2D eigenvalue weighted by atomic mass is 9.87. The van der Waals surface area contributed by atoms with E-state index in [1.54, 1.807) is 7.11 Å². The van der Waals surface area contributed by atoms with E-state index >= 15 is 0 Å². The number of ether oxygens (including phenoxy) is 1. The second-order valence-corrected chi connectivity index (χ2v) is 6.85. The summed E-state index contributed by atoms with van der Waals surface area (Å²) in [4.78, 5) is 0. The van der Waals surface area contributed by atoms with E-state index in [2.05, 4.69) is 58.1 Å². The summed E-state index contributed by atoms with van der Waals surface area (Å²) >= 11 is 0. The summed E-state index contributed by atoms with van der Waals surface area (Å²) in [5, 5.41) is 3.67. The second kappa shape index (κ2) is 7.68. The van der Waals surface area contributed by atoms with Gasteiger partial charge in [0, 0.05) is 11.6 Å². The molecule has 0 radical (unpaired) electrons. The molecular weight excluding hydrogens is 246 g/mol. The van der Waals surface area contributed by atoms with Crippen LogP contribution in [-0.4, -0.2) is 13.7 Å². The van der Waals surface area contributed by atoms with Crippen molar-refractivity contribution in [1.29, 1.82) is 0 Å². The summed E-state index contributed by atoms with van der Waals surface area (Å²) < 4.78 is 5.58. The van der Waals surface area contributed by atoms with Crippen LogP contribution in [-0.2, 0) is 0 Å². The Morgan fingerprint density at radius 2 is 1.95 bits per heavy atom. The Morgan fingerprint density at radius 1 is 1.25 bits per heavy atom. The third kappa shape index (κ3) is 5.54. The molecule has 114 valence electrons. The minimum Gasteiger partial charge on any atom is -0.496 e. The molecule has 1 rings (SSSR count). The highest BCUT2D eigenvalue weighted by Crippen LogP contribution is 2.32. The largest absolute Gasteiger partial charge is 0.496 e. The molecule has 0 spiro atoms. The maximum absolute atomic E-state index is 5.58. The van der Waals surface area contributed by atoms with Gasteiger partial charge in [-0.05, 0) is 49.8 Å². The number of hydrogen-bond acceptors (Lipinski definition) is 2. The Morgan fingerprint density at radius 3 is 2.50 bits per heavy atom. The number of nitrogens with one attached hydrogen (secondary N) is 1. The van der Waals surface area contributed by atoms with Gasteiger partial charge in [-0.2, -0.15) is 0 Å². The summed E-state index contributed by atoms with van der Waals surface area (Å²) in [5.41, 5.74) is 2.90. The van der Waals surface area contributed by atoms with E-state index in [0.717, 1.165) is 25.1 Å². The summed E-state index contributed by atoms with van der Waals surface area (Å²) in [6.45, 7) is 12.3. The molecule has 1 aromatic carbocycles. The Balaban J connectivity index is 2.91. The van der Waals surface area contributed by atoms with Crippen molar-refractivity contribution in [3.8, 4) is 5.75 Å². The normalized spacial score (nSPS) is 13.3. The van der Waals surface area contributed by atoms with Crippen molar-refractivity contribution in [2.75, 3.05) is 13.7 Å². The van der Waals surface area contributed by atoms with Crippen LogP contribution in [0.3, 0.4) is 0 Å². The van der Waals surface area contributed by atoms with Crippen LogP contribution < -0.4 is 10.1 Å². The Hall–Kier alpha value is -1.02. The molecule has 0 saturated carbocycles. The average molecular weight is 277 g/mol. The number of rotatable bonds is 7. The lowest BCUT2D eigenvalue weighted by Gasteiger charge is -2.25. The molecule has 0 saturated heterocycles. The van der Waals surface area contributed by atoms with E-state index in [-0.39, 0.29) is 0 Å². The molecule has 1 aromatic rings. The zero-order chi connectivity index (χ0) is 15.2. The molecule has 2 heteroatoms.